The zero-order valence-corrected chi connectivity index (χ0v) is 14.7. The minimum Gasteiger partial charge on any atom is -0.391 e. The largest absolute Gasteiger partial charge is 0.391 e. The summed E-state index contributed by atoms with van der Waals surface area (Å²) in [5, 5.41) is 15.6. The van der Waals surface area contributed by atoms with Gasteiger partial charge in [0.2, 0.25) is 0 Å². The third-order valence-corrected chi connectivity index (χ3v) is 4.61. The van der Waals surface area contributed by atoms with E-state index in [1.807, 2.05) is 12.1 Å². The lowest BCUT2D eigenvalue weighted by Crippen LogP contribution is -2.41. The minimum atomic E-state index is -0.489. The lowest BCUT2D eigenvalue weighted by molar-refractivity contribution is 0.103. The molecule has 0 saturated carbocycles. The molecule has 132 valence electrons. The number of hydrogen-bond donors (Lipinski definition) is 3. The first-order valence-corrected chi connectivity index (χ1v) is 8.82. The summed E-state index contributed by atoms with van der Waals surface area (Å²) < 4.78 is 0. The molecule has 24 heavy (non-hydrogen) atoms. The number of carbonyl (C=O) groups is 1. The molecule has 5 nitrogen and oxygen atoms in total. The summed E-state index contributed by atoms with van der Waals surface area (Å²) in [6, 6.07) is 7.97. The Labute approximate surface area is 144 Å². The highest BCUT2D eigenvalue weighted by molar-refractivity contribution is 5.73. The number of aliphatic hydroxyl groups excluding tert-OH is 1. The molecule has 2 amide bonds. The van der Waals surface area contributed by atoms with Crippen molar-refractivity contribution in [3.8, 4) is 0 Å². The van der Waals surface area contributed by atoms with Gasteiger partial charge in [-0.2, -0.15) is 0 Å². The summed E-state index contributed by atoms with van der Waals surface area (Å²) >= 11 is 0. The Morgan fingerprint density at radius 1 is 1.21 bits per heavy atom. The fraction of sp³-hybridized carbons (Fsp3) is 0.526. The summed E-state index contributed by atoms with van der Waals surface area (Å²) in [5.41, 5.74) is 2.24. The number of aliphatic hydroxyl groups is 1. The van der Waals surface area contributed by atoms with Gasteiger partial charge in [-0.3, -0.25) is 0 Å². The van der Waals surface area contributed by atoms with Crippen LogP contribution in [0.15, 0.2) is 36.4 Å². The maximum Gasteiger partial charge on any atom is 0.315 e. The Morgan fingerprint density at radius 2 is 1.92 bits per heavy atom. The number of hydrogen-bond acceptors (Lipinski definition) is 3. The monoisotopic (exact) mass is 331 g/mol. The molecular formula is C19H29N3O2. The van der Waals surface area contributed by atoms with Crippen LogP contribution in [0.1, 0.15) is 32.3 Å². The fourth-order valence-corrected chi connectivity index (χ4v) is 2.99. The maximum atomic E-state index is 11.9. The molecule has 0 fully saturated rings. The van der Waals surface area contributed by atoms with E-state index in [1.54, 1.807) is 0 Å². The van der Waals surface area contributed by atoms with Gasteiger partial charge in [-0.1, -0.05) is 51.0 Å². The van der Waals surface area contributed by atoms with Crippen molar-refractivity contribution >= 4 is 11.7 Å². The Balaban J connectivity index is 1.76. The summed E-state index contributed by atoms with van der Waals surface area (Å²) in [6.45, 7) is 6.75. The highest BCUT2D eigenvalue weighted by Gasteiger charge is 2.16. The molecule has 0 saturated heterocycles. The van der Waals surface area contributed by atoms with Gasteiger partial charge in [0.1, 0.15) is 0 Å². The van der Waals surface area contributed by atoms with E-state index < -0.39 is 6.10 Å². The molecule has 1 aromatic carbocycles. The lowest BCUT2D eigenvalue weighted by atomic mass is 9.97. The number of nitrogens with zero attached hydrogens (tertiary/aromatic N) is 1. The van der Waals surface area contributed by atoms with E-state index >= 15 is 0 Å². The number of carbonyl (C=O) groups excluding carboxylic acids is 1. The standard InChI is InChI=1S/C19H29N3O2/c1-3-16(4-2)18(23)14-21-19(24)20-13-15-8-7-9-17(12-15)22-10-5-6-11-22/h5-9,12,16,18,23H,3-4,10-11,13-14H2,1-2H3,(H2,20,21,24). The molecule has 1 unspecified atom stereocenters. The molecule has 0 aliphatic carbocycles. The van der Waals surface area contributed by atoms with E-state index in [9.17, 15) is 9.90 Å². The van der Waals surface area contributed by atoms with Crippen LogP contribution in [0.5, 0.6) is 0 Å². The van der Waals surface area contributed by atoms with Gasteiger partial charge in [-0.15, -0.1) is 0 Å². The summed E-state index contributed by atoms with van der Waals surface area (Å²) in [6.07, 6.45) is 5.66. The Hall–Kier alpha value is -2.01. The normalized spacial score (nSPS) is 14.9. The van der Waals surface area contributed by atoms with Crippen molar-refractivity contribution in [3.05, 3.63) is 42.0 Å². The molecular weight excluding hydrogens is 302 g/mol. The second kappa shape index (κ2) is 9.33. The predicted octanol–water partition coefficient (Wildman–Crippen LogP) is 2.66. The Kier molecular flexibility index (Phi) is 7.12. The van der Waals surface area contributed by atoms with E-state index in [4.69, 9.17) is 0 Å². The van der Waals surface area contributed by atoms with Gasteiger partial charge in [0.05, 0.1) is 6.10 Å². The van der Waals surface area contributed by atoms with Crippen LogP contribution < -0.4 is 15.5 Å². The summed E-state index contributed by atoms with van der Waals surface area (Å²) in [5.74, 6) is 0.232. The summed E-state index contributed by atoms with van der Waals surface area (Å²) in [4.78, 5) is 14.2. The molecule has 1 heterocycles. The van der Waals surface area contributed by atoms with E-state index in [1.165, 1.54) is 5.69 Å². The molecule has 0 aromatic heterocycles. The van der Waals surface area contributed by atoms with Crippen LogP contribution in [0.25, 0.3) is 0 Å². The number of anilines is 1. The molecule has 2 rings (SSSR count). The zero-order valence-electron chi connectivity index (χ0n) is 14.7. The number of benzene rings is 1. The van der Waals surface area contributed by atoms with Crippen molar-refractivity contribution < 1.29 is 9.90 Å². The Morgan fingerprint density at radius 3 is 2.58 bits per heavy atom. The quantitative estimate of drug-likeness (QED) is 0.642. The van der Waals surface area contributed by atoms with Gasteiger partial charge in [-0.25, -0.2) is 4.79 Å². The van der Waals surface area contributed by atoms with Crippen molar-refractivity contribution in [2.45, 2.75) is 39.3 Å². The fourth-order valence-electron chi connectivity index (χ4n) is 2.99. The molecule has 0 bridgehead atoms. The van der Waals surface area contributed by atoms with E-state index in [0.717, 1.165) is 31.5 Å². The SMILES string of the molecule is CCC(CC)C(O)CNC(=O)NCc1cccc(N2CC=CC2)c1. The van der Waals surface area contributed by atoms with Crippen LogP contribution in [-0.4, -0.2) is 36.9 Å². The first kappa shape index (κ1) is 18.3. The van der Waals surface area contributed by atoms with Crippen molar-refractivity contribution in [2.75, 3.05) is 24.5 Å². The van der Waals surface area contributed by atoms with Crippen molar-refractivity contribution in [3.63, 3.8) is 0 Å². The molecule has 1 aliphatic heterocycles. The average molecular weight is 331 g/mol. The molecule has 3 N–H and O–H groups in total. The third-order valence-electron chi connectivity index (χ3n) is 4.61. The second-order valence-corrected chi connectivity index (χ2v) is 6.25. The second-order valence-electron chi connectivity index (χ2n) is 6.25. The predicted molar refractivity (Wildman–Crippen MR) is 98.1 cm³/mol. The van der Waals surface area contributed by atoms with E-state index in [2.05, 4.69) is 53.7 Å². The van der Waals surface area contributed by atoms with Crippen molar-refractivity contribution in [1.29, 1.82) is 0 Å². The van der Waals surface area contributed by atoms with Gasteiger partial charge in [0, 0.05) is 31.9 Å². The lowest BCUT2D eigenvalue weighted by Gasteiger charge is -2.20. The van der Waals surface area contributed by atoms with Crippen LogP contribution >= 0.6 is 0 Å². The summed E-state index contributed by atoms with van der Waals surface area (Å²) in [7, 11) is 0. The third kappa shape index (κ3) is 5.27. The van der Waals surface area contributed by atoms with Crippen molar-refractivity contribution in [2.24, 2.45) is 5.92 Å². The van der Waals surface area contributed by atoms with Gasteiger partial charge in [0.15, 0.2) is 0 Å². The van der Waals surface area contributed by atoms with Crippen LogP contribution in [0, 0.1) is 5.92 Å². The first-order chi connectivity index (χ1) is 11.6. The molecule has 1 atom stereocenters. The Bertz CT molecular complexity index is 547. The van der Waals surface area contributed by atoms with Crippen LogP contribution in [0.2, 0.25) is 0 Å². The van der Waals surface area contributed by atoms with Crippen LogP contribution in [0.4, 0.5) is 10.5 Å². The van der Waals surface area contributed by atoms with Crippen LogP contribution in [-0.2, 0) is 6.54 Å². The minimum absolute atomic E-state index is 0.232. The number of urea groups is 1. The van der Waals surface area contributed by atoms with E-state index in [-0.39, 0.29) is 18.5 Å². The molecule has 0 radical (unpaired) electrons. The van der Waals surface area contributed by atoms with Gasteiger partial charge < -0.3 is 20.6 Å². The average Bonchev–Trinajstić information content (AvgIpc) is 3.14. The van der Waals surface area contributed by atoms with Gasteiger partial charge in [0.25, 0.3) is 0 Å². The van der Waals surface area contributed by atoms with E-state index in [0.29, 0.717) is 6.54 Å². The number of amides is 2. The zero-order chi connectivity index (χ0) is 17.4. The number of nitrogens with one attached hydrogen (secondary N) is 2. The highest BCUT2D eigenvalue weighted by atomic mass is 16.3. The van der Waals surface area contributed by atoms with Gasteiger partial charge in [-0.05, 0) is 23.6 Å². The maximum absolute atomic E-state index is 11.9. The highest BCUT2D eigenvalue weighted by Crippen LogP contribution is 2.18. The molecule has 0 spiro atoms. The van der Waals surface area contributed by atoms with Gasteiger partial charge >= 0.3 is 6.03 Å². The smallest absolute Gasteiger partial charge is 0.315 e. The molecule has 5 heteroatoms. The molecule has 1 aromatic rings. The topological polar surface area (TPSA) is 64.6 Å². The molecule has 1 aliphatic rings. The first-order valence-electron chi connectivity index (χ1n) is 8.82. The number of rotatable bonds is 8. The van der Waals surface area contributed by atoms with Crippen molar-refractivity contribution in [1.82, 2.24) is 10.6 Å². The van der Waals surface area contributed by atoms with Crippen LogP contribution in [0.3, 0.4) is 0 Å².